The van der Waals surface area contributed by atoms with Gasteiger partial charge in [0.15, 0.2) is 0 Å². The lowest BCUT2D eigenvalue weighted by Crippen LogP contribution is -2.34. The van der Waals surface area contributed by atoms with Crippen LogP contribution in [0.5, 0.6) is 0 Å². The van der Waals surface area contributed by atoms with Gasteiger partial charge in [0.25, 0.3) is 0 Å². The Morgan fingerprint density at radius 2 is 1.73 bits per heavy atom. The molecule has 2 aromatic heterocycles. The lowest BCUT2D eigenvalue weighted by Gasteiger charge is -2.23. The molecule has 6 nitrogen and oxygen atoms in total. The van der Waals surface area contributed by atoms with E-state index in [0.717, 1.165) is 11.1 Å². The summed E-state index contributed by atoms with van der Waals surface area (Å²) >= 11 is 0. The van der Waals surface area contributed by atoms with Gasteiger partial charge < -0.3 is 10.2 Å². The lowest BCUT2D eigenvalue weighted by atomic mass is 10.2. The highest BCUT2D eigenvalue weighted by Gasteiger charge is 2.16. The SMILES string of the molecule is N#Cc1ccccc1NC(=O)N(Cc1ccncc1)Cc1cccnc1. The number of carbonyl (C=O) groups excluding carboxylic acids is 1. The second-order valence-corrected chi connectivity index (χ2v) is 5.66. The zero-order valence-electron chi connectivity index (χ0n) is 14.0. The van der Waals surface area contributed by atoms with Crippen LogP contribution in [0.4, 0.5) is 10.5 Å². The first-order valence-corrected chi connectivity index (χ1v) is 8.09. The molecular formula is C20H17N5O. The number of anilines is 1. The number of nitrogens with one attached hydrogen (secondary N) is 1. The van der Waals surface area contributed by atoms with Crippen molar-refractivity contribution in [2.75, 3.05) is 5.32 Å². The molecular weight excluding hydrogens is 326 g/mol. The van der Waals surface area contributed by atoms with E-state index in [4.69, 9.17) is 0 Å². The van der Waals surface area contributed by atoms with Crippen molar-refractivity contribution >= 4 is 11.7 Å². The van der Waals surface area contributed by atoms with Crippen LogP contribution in [0, 0.1) is 11.3 Å². The minimum absolute atomic E-state index is 0.284. The molecule has 0 unspecified atom stereocenters. The van der Waals surface area contributed by atoms with E-state index in [9.17, 15) is 10.1 Å². The van der Waals surface area contributed by atoms with E-state index < -0.39 is 0 Å². The fourth-order valence-electron chi connectivity index (χ4n) is 2.50. The van der Waals surface area contributed by atoms with E-state index in [1.807, 2.05) is 24.3 Å². The van der Waals surface area contributed by atoms with Crippen molar-refractivity contribution in [1.82, 2.24) is 14.9 Å². The van der Waals surface area contributed by atoms with E-state index in [1.54, 1.807) is 54.0 Å². The van der Waals surface area contributed by atoms with E-state index in [-0.39, 0.29) is 6.03 Å². The number of urea groups is 1. The third-order valence-electron chi connectivity index (χ3n) is 3.80. The largest absolute Gasteiger partial charge is 0.322 e. The molecule has 0 aliphatic carbocycles. The normalized spacial score (nSPS) is 9.96. The van der Waals surface area contributed by atoms with Crippen LogP contribution in [0.2, 0.25) is 0 Å². The molecule has 3 rings (SSSR count). The minimum Gasteiger partial charge on any atom is -0.316 e. The van der Waals surface area contributed by atoms with Gasteiger partial charge in [0.2, 0.25) is 0 Å². The summed E-state index contributed by atoms with van der Waals surface area (Å²) in [5.41, 5.74) is 2.80. The summed E-state index contributed by atoms with van der Waals surface area (Å²) in [7, 11) is 0. The molecule has 1 aromatic carbocycles. The second kappa shape index (κ2) is 8.40. The summed E-state index contributed by atoms with van der Waals surface area (Å²) in [6.07, 6.45) is 6.82. The molecule has 0 aliphatic rings. The summed E-state index contributed by atoms with van der Waals surface area (Å²) in [6.45, 7) is 0.814. The number of amides is 2. The van der Waals surface area contributed by atoms with Gasteiger partial charge in [-0.15, -0.1) is 0 Å². The van der Waals surface area contributed by atoms with Crippen LogP contribution in [0.1, 0.15) is 16.7 Å². The van der Waals surface area contributed by atoms with Crippen LogP contribution >= 0.6 is 0 Å². The first-order valence-electron chi connectivity index (χ1n) is 8.09. The minimum atomic E-state index is -0.284. The number of hydrogen-bond acceptors (Lipinski definition) is 4. The van der Waals surface area contributed by atoms with Crippen molar-refractivity contribution in [3.63, 3.8) is 0 Å². The van der Waals surface area contributed by atoms with Crippen LogP contribution in [-0.4, -0.2) is 20.9 Å². The predicted octanol–water partition coefficient (Wildman–Crippen LogP) is 3.58. The summed E-state index contributed by atoms with van der Waals surface area (Å²) in [4.78, 5) is 22.6. The van der Waals surface area contributed by atoms with Gasteiger partial charge in [-0.25, -0.2) is 4.79 Å². The maximum atomic E-state index is 12.9. The topological polar surface area (TPSA) is 81.9 Å². The molecule has 0 saturated heterocycles. The highest BCUT2D eigenvalue weighted by Crippen LogP contribution is 2.16. The van der Waals surface area contributed by atoms with Crippen molar-refractivity contribution in [2.45, 2.75) is 13.1 Å². The van der Waals surface area contributed by atoms with Crippen molar-refractivity contribution in [1.29, 1.82) is 5.26 Å². The van der Waals surface area contributed by atoms with Crippen LogP contribution in [0.3, 0.4) is 0 Å². The monoisotopic (exact) mass is 343 g/mol. The Balaban J connectivity index is 1.82. The molecule has 0 aliphatic heterocycles. The molecule has 6 heteroatoms. The van der Waals surface area contributed by atoms with Crippen molar-refractivity contribution in [3.8, 4) is 6.07 Å². The Morgan fingerprint density at radius 3 is 2.46 bits per heavy atom. The van der Waals surface area contributed by atoms with Crippen molar-refractivity contribution < 1.29 is 4.79 Å². The molecule has 3 aromatic rings. The molecule has 2 amide bonds. The average Bonchev–Trinajstić information content (AvgIpc) is 2.69. The van der Waals surface area contributed by atoms with Crippen LogP contribution in [-0.2, 0) is 13.1 Å². The van der Waals surface area contributed by atoms with E-state index >= 15 is 0 Å². The number of aromatic nitrogens is 2. The number of carbonyl (C=O) groups is 1. The molecule has 0 radical (unpaired) electrons. The van der Waals surface area contributed by atoms with Crippen molar-refractivity contribution in [2.24, 2.45) is 0 Å². The van der Waals surface area contributed by atoms with Crippen LogP contribution in [0.15, 0.2) is 73.3 Å². The molecule has 0 saturated carbocycles. The van der Waals surface area contributed by atoms with Gasteiger partial charge in [-0.3, -0.25) is 9.97 Å². The number of para-hydroxylation sites is 1. The van der Waals surface area contributed by atoms with Gasteiger partial charge in [-0.1, -0.05) is 18.2 Å². The zero-order valence-corrected chi connectivity index (χ0v) is 14.0. The molecule has 0 fully saturated rings. The highest BCUT2D eigenvalue weighted by molar-refractivity contribution is 5.90. The maximum Gasteiger partial charge on any atom is 0.322 e. The summed E-state index contributed by atoms with van der Waals surface area (Å²) in [5, 5.41) is 12.0. The maximum absolute atomic E-state index is 12.9. The quantitative estimate of drug-likeness (QED) is 0.767. The molecule has 1 N–H and O–H groups in total. The van der Waals surface area contributed by atoms with Crippen LogP contribution in [0.25, 0.3) is 0 Å². The Labute approximate surface area is 151 Å². The number of rotatable bonds is 5. The number of benzene rings is 1. The number of pyridine rings is 2. The fraction of sp³-hybridized carbons (Fsp3) is 0.100. The fourth-order valence-corrected chi connectivity index (χ4v) is 2.50. The summed E-state index contributed by atoms with van der Waals surface area (Å²) < 4.78 is 0. The first kappa shape index (κ1) is 17.1. The Morgan fingerprint density at radius 1 is 0.962 bits per heavy atom. The van der Waals surface area contributed by atoms with E-state index in [0.29, 0.717) is 24.3 Å². The zero-order chi connectivity index (χ0) is 18.2. The van der Waals surface area contributed by atoms with Gasteiger partial charge in [0, 0.05) is 37.9 Å². The Hall–Kier alpha value is -3.72. The van der Waals surface area contributed by atoms with Gasteiger partial charge in [-0.2, -0.15) is 5.26 Å². The van der Waals surface area contributed by atoms with Gasteiger partial charge in [-0.05, 0) is 41.5 Å². The third-order valence-corrected chi connectivity index (χ3v) is 3.80. The van der Waals surface area contributed by atoms with E-state index in [2.05, 4.69) is 21.4 Å². The van der Waals surface area contributed by atoms with E-state index in [1.165, 1.54) is 0 Å². The molecule has 128 valence electrons. The predicted molar refractivity (Wildman–Crippen MR) is 97.9 cm³/mol. The average molecular weight is 343 g/mol. The third kappa shape index (κ3) is 4.42. The van der Waals surface area contributed by atoms with Crippen LogP contribution < -0.4 is 5.32 Å². The number of hydrogen-bond donors (Lipinski definition) is 1. The molecule has 26 heavy (non-hydrogen) atoms. The number of nitriles is 1. The first-order chi connectivity index (χ1) is 12.8. The molecule has 2 heterocycles. The number of nitrogens with zero attached hydrogens (tertiary/aromatic N) is 4. The Kier molecular flexibility index (Phi) is 5.53. The van der Waals surface area contributed by atoms with Gasteiger partial charge >= 0.3 is 6.03 Å². The standard InChI is InChI=1S/C20H17N5O/c21-12-18-5-1-2-6-19(18)24-20(26)25(14-16-7-10-22-11-8-16)15-17-4-3-9-23-13-17/h1-11,13H,14-15H2,(H,24,26). The highest BCUT2D eigenvalue weighted by atomic mass is 16.2. The summed E-state index contributed by atoms with van der Waals surface area (Å²) in [5.74, 6) is 0. The van der Waals surface area contributed by atoms with Gasteiger partial charge in [0.1, 0.15) is 6.07 Å². The molecule has 0 atom stereocenters. The second-order valence-electron chi connectivity index (χ2n) is 5.66. The summed E-state index contributed by atoms with van der Waals surface area (Å²) in [6, 6.07) is 16.2. The Bertz CT molecular complexity index is 865. The smallest absolute Gasteiger partial charge is 0.316 e. The molecule has 0 spiro atoms. The lowest BCUT2D eigenvalue weighted by molar-refractivity contribution is 0.206. The van der Waals surface area contributed by atoms with Gasteiger partial charge in [0.05, 0.1) is 11.3 Å². The molecule has 0 bridgehead atoms. The van der Waals surface area contributed by atoms with Crippen molar-refractivity contribution in [3.05, 3.63) is 90.0 Å².